The Bertz CT molecular complexity index is 255. The molecule has 0 saturated carbocycles. The standard InChI is InChI=1S/C24H52N2O3/c1-3-5-7-9-11-13-15-25-17-19-27-21-23-29-24-22-28-20-18-26-16-14-12-10-8-6-4-2/h25-26H,3-24H2,1-2H3. The van der Waals surface area contributed by atoms with Crippen molar-refractivity contribution in [2.75, 3.05) is 65.8 Å². The van der Waals surface area contributed by atoms with Crippen LogP contribution >= 0.6 is 0 Å². The quantitative estimate of drug-likeness (QED) is 0.196. The largest absolute Gasteiger partial charge is 0.378 e. The third-order valence-corrected chi connectivity index (χ3v) is 5.00. The molecule has 5 nitrogen and oxygen atoms in total. The molecule has 0 saturated heterocycles. The smallest absolute Gasteiger partial charge is 0.0701 e. The van der Waals surface area contributed by atoms with Gasteiger partial charge in [-0.05, 0) is 25.9 Å². The van der Waals surface area contributed by atoms with E-state index < -0.39 is 0 Å². The second-order valence-corrected chi connectivity index (χ2v) is 7.87. The van der Waals surface area contributed by atoms with Crippen molar-refractivity contribution in [1.29, 1.82) is 0 Å². The van der Waals surface area contributed by atoms with Gasteiger partial charge in [0, 0.05) is 13.1 Å². The van der Waals surface area contributed by atoms with Crippen LogP contribution in [0.4, 0.5) is 0 Å². The molecule has 176 valence electrons. The second-order valence-electron chi connectivity index (χ2n) is 7.87. The minimum absolute atomic E-state index is 0.650. The Kier molecular flexibility index (Phi) is 27.6. The highest BCUT2D eigenvalue weighted by atomic mass is 16.5. The summed E-state index contributed by atoms with van der Waals surface area (Å²) in [6.45, 7) is 12.8. The number of rotatable bonds is 26. The Morgan fingerprint density at radius 3 is 1.14 bits per heavy atom. The third-order valence-electron chi connectivity index (χ3n) is 5.00. The molecule has 0 spiro atoms. The van der Waals surface area contributed by atoms with Crippen LogP contribution in [0.1, 0.15) is 90.9 Å². The molecule has 0 amide bonds. The predicted octanol–water partition coefficient (Wildman–Crippen LogP) is 4.94. The minimum Gasteiger partial charge on any atom is -0.378 e. The minimum atomic E-state index is 0.650. The summed E-state index contributed by atoms with van der Waals surface area (Å²) in [5, 5.41) is 6.88. The van der Waals surface area contributed by atoms with Crippen LogP contribution in [0.15, 0.2) is 0 Å². The summed E-state index contributed by atoms with van der Waals surface area (Å²) < 4.78 is 16.7. The Morgan fingerprint density at radius 1 is 0.379 bits per heavy atom. The van der Waals surface area contributed by atoms with Gasteiger partial charge in [0.05, 0.1) is 39.6 Å². The Balaban J connectivity index is 2.97. The van der Waals surface area contributed by atoms with Gasteiger partial charge in [0.25, 0.3) is 0 Å². The van der Waals surface area contributed by atoms with E-state index in [0.717, 1.165) is 39.4 Å². The number of hydrogen-bond donors (Lipinski definition) is 2. The van der Waals surface area contributed by atoms with Crippen LogP contribution in [0.25, 0.3) is 0 Å². The summed E-state index contributed by atoms with van der Waals surface area (Å²) in [5.41, 5.74) is 0. The number of nitrogens with one attached hydrogen (secondary N) is 2. The van der Waals surface area contributed by atoms with Crippen LogP contribution in [0.5, 0.6) is 0 Å². The molecule has 0 rings (SSSR count). The molecule has 0 fully saturated rings. The van der Waals surface area contributed by atoms with Crippen LogP contribution in [-0.2, 0) is 14.2 Å². The topological polar surface area (TPSA) is 51.8 Å². The van der Waals surface area contributed by atoms with Crippen molar-refractivity contribution in [1.82, 2.24) is 10.6 Å². The fraction of sp³-hybridized carbons (Fsp3) is 1.00. The summed E-state index contributed by atoms with van der Waals surface area (Å²) >= 11 is 0. The number of hydrogen-bond acceptors (Lipinski definition) is 5. The molecule has 0 bridgehead atoms. The van der Waals surface area contributed by atoms with Crippen LogP contribution in [0.3, 0.4) is 0 Å². The van der Waals surface area contributed by atoms with Crippen molar-refractivity contribution in [2.45, 2.75) is 90.9 Å². The molecular formula is C24H52N2O3. The summed E-state index contributed by atoms with van der Waals surface area (Å²) in [6, 6.07) is 0. The fourth-order valence-electron chi connectivity index (χ4n) is 3.14. The van der Waals surface area contributed by atoms with Gasteiger partial charge in [-0.1, -0.05) is 78.1 Å². The van der Waals surface area contributed by atoms with Gasteiger partial charge in [-0.2, -0.15) is 0 Å². The highest BCUT2D eigenvalue weighted by Gasteiger charge is 1.94. The Morgan fingerprint density at radius 2 is 0.724 bits per heavy atom. The molecule has 0 aromatic carbocycles. The lowest BCUT2D eigenvalue weighted by molar-refractivity contribution is 0.0157. The molecule has 2 N–H and O–H groups in total. The van der Waals surface area contributed by atoms with Gasteiger partial charge in [0.1, 0.15) is 0 Å². The average molecular weight is 417 g/mol. The summed E-state index contributed by atoms with van der Waals surface area (Å²) in [4.78, 5) is 0. The van der Waals surface area contributed by atoms with Gasteiger partial charge >= 0.3 is 0 Å². The Labute approximate surface area is 182 Å². The van der Waals surface area contributed by atoms with Crippen LogP contribution in [0.2, 0.25) is 0 Å². The first-order valence-electron chi connectivity index (χ1n) is 12.6. The van der Waals surface area contributed by atoms with Crippen molar-refractivity contribution in [3.05, 3.63) is 0 Å². The van der Waals surface area contributed by atoms with Crippen molar-refractivity contribution < 1.29 is 14.2 Å². The van der Waals surface area contributed by atoms with Gasteiger partial charge in [-0.3, -0.25) is 0 Å². The normalized spacial score (nSPS) is 11.4. The molecular weight excluding hydrogens is 364 g/mol. The second kappa shape index (κ2) is 27.8. The molecule has 0 aliphatic heterocycles. The SMILES string of the molecule is CCCCCCCCNCCOCCOCCOCCNCCCCCCCC. The average Bonchev–Trinajstić information content (AvgIpc) is 2.74. The van der Waals surface area contributed by atoms with Gasteiger partial charge < -0.3 is 24.8 Å². The Hall–Kier alpha value is -0.200. The van der Waals surface area contributed by atoms with Gasteiger partial charge in [0.15, 0.2) is 0 Å². The first-order valence-corrected chi connectivity index (χ1v) is 12.6. The maximum Gasteiger partial charge on any atom is 0.0701 e. The molecule has 0 heterocycles. The molecule has 0 aromatic heterocycles. The van der Waals surface area contributed by atoms with E-state index in [9.17, 15) is 0 Å². The predicted molar refractivity (Wildman–Crippen MR) is 125 cm³/mol. The maximum atomic E-state index is 5.57. The number of ether oxygens (including phenoxy) is 3. The lowest BCUT2D eigenvalue weighted by Gasteiger charge is -2.08. The summed E-state index contributed by atoms with van der Waals surface area (Å²) in [7, 11) is 0. The highest BCUT2D eigenvalue weighted by molar-refractivity contribution is 4.50. The van der Waals surface area contributed by atoms with E-state index in [1.165, 1.54) is 77.0 Å². The highest BCUT2D eigenvalue weighted by Crippen LogP contribution is 2.04. The lowest BCUT2D eigenvalue weighted by Crippen LogP contribution is -2.22. The van der Waals surface area contributed by atoms with Crippen molar-refractivity contribution in [2.24, 2.45) is 0 Å². The molecule has 0 atom stereocenters. The van der Waals surface area contributed by atoms with E-state index in [4.69, 9.17) is 14.2 Å². The fourth-order valence-corrected chi connectivity index (χ4v) is 3.14. The first kappa shape index (κ1) is 28.8. The maximum absolute atomic E-state index is 5.57. The molecule has 0 radical (unpaired) electrons. The zero-order valence-corrected chi connectivity index (χ0v) is 19.8. The number of unbranched alkanes of at least 4 members (excludes halogenated alkanes) is 10. The van der Waals surface area contributed by atoms with E-state index >= 15 is 0 Å². The molecule has 0 aliphatic rings. The van der Waals surface area contributed by atoms with E-state index in [1.54, 1.807) is 0 Å². The van der Waals surface area contributed by atoms with Crippen LogP contribution in [0, 0.1) is 0 Å². The molecule has 29 heavy (non-hydrogen) atoms. The van der Waals surface area contributed by atoms with E-state index in [1.807, 2.05) is 0 Å². The van der Waals surface area contributed by atoms with Gasteiger partial charge in [-0.25, -0.2) is 0 Å². The molecule has 5 heteroatoms. The zero-order valence-electron chi connectivity index (χ0n) is 19.8. The molecule has 0 aromatic rings. The first-order chi connectivity index (χ1) is 14.4. The monoisotopic (exact) mass is 416 g/mol. The third kappa shape index (κ3) is 27.8. The zero-order chi connectivity index (χ0) is 21.1. The van der Waals surface area contributed by atoms with Crippen molar-refractivity contribution in [3.8, 4) is 0 Å². The summed E-state index contributed by atoms with van der Waals surface area (Å²) in [6.07, 6.45) is 16.2. The van der Waals surface area contributed by atoms with Gasteiger partial charge in [-0.15, -0.1) is 0 Å². The van der Waals surface area contributed by atoms with Crippen LogP contribution < -0.4 is 10.6 Å². The van der Waals surface area contributed by atoms with E-state index in [-0.39, 0.29) is 0 Å². The van der Waals surface area contributed by atoms with Gasteiger partial charge in [0.2, 0.25) is 0 Å². The van der Waals surface area contributed by atoms with Crippen molar-refractivity contribution >= 4 is 0 Å². The van der Waals surface area contributed by atoms with Crippen molar-refractivity contribution in [3.63, 3.8) is 0 Å². The van der Waals surface area contributed by atoms with Crippen LogP contribution in [-0.4, -0.2) is 65.8 Å². The molecule has 0 unspecified atom stereocenters. The van der Waals surface area contributed by atoms with E-state index in [2.05, 4.69) is 24.5 Å². The van der Waals surface area contributed by atoms with E-state index in [0.29, 0.717) is 26.4 Å². The molecule has 0 aliphatic carbocycles. The lowest BCUT2D eigenvalue weighted by atomic mass is 10.1. The summed E-state index contributed by atoms with van der Waals surface area (Å²) in [5.74, 6) is 0.